The van der Waals surface area contributed by atoms with E-state index in [9.17, 15) is 13.6 Å². The van der Waals surface area contributed by atoms with Crippen molar-refractivity contribution in [2.45, 2.75) is 25.7 Å². The van der Waals surface area contributed by atoms with Gasteiger partial charge in [-0.15, -0.1) is 5.11 Å². The predicted octanol–water partition coefficient (Wildman–Crippen LogP) is 3.37. The number of rotatable bonds is 3. The number of hydrogen-bond acceptors (Lipinski definition) is 5. The van der Waals surface area contributed by atoms with Gasteiger partial charge in [-0.2, -0.15) is 8.42 Å². The second-order valence-electron chi connectivity index (χ2n) is 5.00. The molecule has 0 aliphatic carbocycles. The summed E-state index contributed by atoms with van der Waals surface area (Å²) in [6, 6.07) is 3.58. The van der Waals surface area contributed by atoms with Gasteiger partial charge in [0.25, 0.3) is 10.0 Å². The van der Waals surface area contributed by atoms with Gasteiger partial charge >= 0.3 is 0 Å². The zero-order chi connectivity index (χ0) is 16.3. The Labute approximate surface area is 129 Å². The molecule has 0 atom stereocenters. The Hall–Kier alpha value is -2.25. The Kier molecular flexibility index (Phi) is 4.58. The smallest absolute Gasteiger partial charge is 0.284 e. The lowest BCUT2D eigenvalue weighted by Gasteiger charge is -2.13. The van der Waals surface area contributed by atoms with Crippen molar-refractivity contribution in [3.05, 3.63) is 65.1 Å². The van der Waals surface area contributed by atoms with E-state index in [1.807, 2.05) is 6.92 Å². The van der Waals surface area contributed by atoms with Crippen molar-refractivity contribution in [3.63, 3.8) is 0 Å². The summed E-state index contributed by atoms with van der Waals surface area (Å²) in [7, 11) is -3.89. The summed E-state index contributed by atoms with van der Waals surface area (Å²) in [6.07, 6.45) is 7.48. The summed E-state index contributed by atoms with van der Waals surface area (Å²) < 4.78 is 28.1. The fourth-order valence-electron chi connectivity index (χ4n) is 2.31. The highest BCUT2D eigenvalue weighted by Gasteiger charge is 2.19. The highest BCUT2D eigenvalue weighted by atomic mass is 32.2. The molecule has 2 rings (SSSR count). The van der Waals surface area contributed by atoms with Gasteiger partial charge in [0.15, 0.2) is 0 Å². The molecule has 1 aliphatic heterocycles. The van der Waals surface area contributed by atoms with E-state index in [0.717, 1.165) is 10.6 Å². The standard InChI is InChI=1S/C15H17N3O3S/c1-11-8-12(2)15(13(3)9-11)22(20,21)17-16-10-14-6-4-5-7-18(14)19/h4-10,19H,1-3H3. The quantitative estimate of drug-likeness (QED) is 0.866. The van der Waals surface area contributed by atoms with Crippen molar-refractivity contribution in [1.82, 2.24) is 5.06 Å². The minimum atomic E-state index is -3.89. The van der Waals surface area contributed by atoms with Crippen molar-refractivity contribution in [3.8, 4) is 0 Å². The van der Waals surface area contributed by atoms with Crippen molar-refractivity contribution < 1.29 is 13.6 Å². The first-order valence-electron chi connectivity index (χ1n) is 6.59. The largest absolute Gasteiger partial charge is 0.300 e. The van der Waals surface area contributed by atoms with Crippen LogP contribution in [0.3, 0.4) is 0 Å². The van der Waals surface area contributed by atoms with Gasteiger partial charge in [-0.3, -0.25) is 5.21 Å². The second-order valence-corrected chi connectivity index (χ2v) is 6.52. The van der Waals surface area contributed by atoms with E-state index in [2.05, 4.69) is 9.63 Å². The van der Waals surface area contributed by atoms with Gasteiger partial charge in [0.1, 0.15) is 0 Å². The van der Waals surface area contributed by atoms with Crippen LogP contribution in [-0.2, 0) is 10.0 Å². The molecule has 7 heteroatoms. The van der Waals surface area contributed by atoms with Crippen LogP contribution in [0.4, 0.5) is 0 Å². The molecule has 0 saturated carbocycles. The summed E-state index contributed by atoms with van der Waals surface area (Å²) >= 11 is 0. The van der Waals surface area contributed by atoms with Crippen molar-refractivity contribution >= 4 is 10.0 Å². The number of nitrogens with zero attached hydrogens (tertiary/aromatic N) is 3. The molecule has 0 aromatic heterocycles. The lowest BCUT2D eigenvalue weighted by atomic mass is 10.1. The number of benzene rings is 1. The number of aryl methyl sites for hydroxylation is 3. The average molecular weight is 319 g/mol. The molecule has 1 aliphatic rings. The molecule has 0 bridgehead atoms. The Balaban J connectivity index is 2.33. The average Bonchev–Trinajstić information content (AvgIpc) is 2.39. The third-order valence-electron chi connectivity index (χ3n) is 3.08. The number of allylic oxidation sites excluding steroid dienone is 3. The molecule has 0 spiro atoms. The van der Waals surface area contributed by atoms with E-state index in [4.69, 9.17) is 0 Å². The van der Waals surface area contributed by atoms with E-state index in [0.29, 0.717) is 16.8 Å². The second kappa shape index (κ2) is 6.25. The van der Waals surface area contributed by atoms with Crippen molar-refractivity contribution in [2.24, 2.45) is 9.63 Å². The van der Waals surface area contributed by atoms with Gasteiger partial charge in [-0.1, -0.05) is 28.3 Å². The minimum absolute atomic E-state index is 0.167. The Morgan fingerprint density at radius 3 is 2.36 bits per heavy atom. The zero-order valence-corrected chi connectivity index (χ0v) is 13.4. The molecule has 6 nitrogen and oxygen atoms in total. The fourth-order valence-corrected chi connectivity index (χ4v) is 3.49. The van der Waals surface area contributed by atoms with Gasteiger partial charge in [-0.05, 0) is 44.1 Å². The van der Waals surface area contributed by atoms with Crippen LogP contribution >= 0.6 is 0 Å². The highest BCUT2D eigenvalue weighted by Crippen LogP contribution is 2.24. The van der Waals surface area contributed by atoms with Crippen LogP contribution < -0.4 is 0 Å². The van der Waals surface area contributed by atoms with Crippen LogP contribution in [0.15, 0.2) is 63.0 Å². The molecule has 0 radical (unpaired) electrons. The van der Waals surface area contributed by atoms with E-state index >= 15 is 0 Å². The van der Waals surface area contributed by atoms with Crippen molar-refractivity contribution in [1.29, 1.82) is 0 Å². The zero-order valence-electron chi connectivity index (χ0n) is 12.6. The molecule has 116 valence electrons. The molecule has 1 heterocycles. The van der Waals surface area contributed by atoms with Crippen LogP contribution in [-0.4, -0.2) is 18.7 Å². The van der Waals surface area contributed by atoms with Crippen LogP contribution in [0, 0.1) is 20.8 Å². The Morgan fingerprint density at radius 1 is 1.14 bits per heavy atom. The summed E-state index contributed by atoms with van der Waals surface area (Å²) in [5, 5.41) is 13.9. The molecular weight excluding hydrogens is 302 g/mol. The molecule has 0 saturated heterocycles. The molecule has 1 aromatic carbocycles. The maximum atomic E-state index is 12.3. The summed E-state index contributed by atoms with van der Waals surface area (Å²) in [5.41, 5.74) is 2.57. The molecular formula is C15H17N3O3S. The van der Waals surface area contributed by atoms with Crippen LogP contribution in [0.5, 0.6) is 0 Å². The van der Waals surface area contributed by atoms with E-state index in [1.165, 1.54) is 12.4 Å². The maximum Gasteiger partial charge on any atom is 0.300 e. The lowest BCUT2D eigenvalue weighted by Crippen LogP contribution is -2.10. The SMILES string of the molecule is Cc1cc(C)c(S(=O)(=O)N=NC=C2C=CC=CN2O)c(C)c1. The third kappa shape index (κ3) is 3.49. The van der Waals surface area contributed by atoms with E-state index < -0.39 is 10.0 Å². The Morgan fingerprint density at radius 2 is 1.77 bits per heavy atom. The molecule has 0 unspecified atom stereocenters. The Bertz CT molecular complexity index is 782. The first kappa shape index (κ1) is 16.1. The van der Waals surface area contributed by atoms with Crippen LogP contribution in [0.2, 0.25) is 0 Å². The van der Waals surface area contributed by atoms with Crippen molar-refractivity contribution in [2.75, 3.05) is 0 Å². The summed E-state index contributed by atoms with van der Waals surface area (Å²) in [5.74, 6) is 0. The summed E-state index contributed by atoms with van der Waals surface area (Å²) in [4.78, 5) is 0.167. The van der Waals surface area contributed by atoms with Gasteiger partial charge in [0.2, 0.25) is 0 Å². The van der Waals surface area contributed by atoms with E-state index in [1.54, 1.807) is 44.2 Å². The minimum Gasteiger partial charge on any atom is -0.284 e. The van der Waals surface area contributed by atoms with E-state index in [-0.39, 0.29) is 4.90 Å². The summed E-state index contributed by atoms with van der Waals surface area (Å²) in [6.45, 7) is 5.36. The van der Waals surface area contributed by atoms with Gasteiger partial charge in [0.05, 0.1) is 16.8 Å². The first-order chi connectivity index (χ1) is 10.3. The van der Waals surface area contributed by atoms with Crippen LogP contribution in [0.1, 0.15) is 16.7 Å². The first-order valence-corrected chi connectivity index (χ1v) is 8.03. The normalized spacial score (nSPS) is 16.9. The number of sulfonamides is 1. The maximum absolute atomic E-state index is 12.3. The van der Waals surface area contributed by atoms with Gasteiger partial charge in [0, 0.05) is 6.20 Å². The lowest BCUT2D eigenvalue weighted by molar-refractivity contribution is -0.000512. The monoisotopic (exact) mass is 319 g/mol. The van der Waals surface area contributed by atoms with Crippen LogP contribution in [0.25, 0.3) is 0 Å². The topological polar surface area (TPSA) is 82.3 Å². The molecule has 1 aromatic rings. The number of hydroxylamine groups is 2. The predicted molar refractivity (Wildman–Crippen MR) is 82.7 cm³/mol. The highest BCUT2D eigenvalue weighted by molar-refractivity contribution is 7.90. The molecule has 1 N–H and O–H groups in total. The van der Waals surface area contributed by atoms with Gasteiger partial charge in [-0.25, -0.2) is 5.06 Å². The molecule has 0 amide bonds. The number of hydrogen-bond donors (Lipinski definition) is 1. The molecule has 22 heavy (non-hydrogen) atoms. The third-order valence-corrected chi connectivity index (χ3v) is 4.55. The fraction of sp³-hybridized carbons (Fsp3) is 0.200. The van der Waals surface area contributed by atoms with Gasteiger partial charge < -0.3 is 0 Å². The molecule has 0 fully saturated rings.